The van der Waals surface area contributed by atoms with Crippen LogP contribution in [0.1, 0.15) is 33.3 Å². The van der Waals surface area contributed by atoms with Gasteiger partial charge < -0.3 is 4.57 Å². The molecule has 0 fully saturated rings. The number of aromatic nitrogens is 1. The fourth-order valence-electron chi connectivity index (χ4n) is 5.05. The number of hydrogen-bond donors (Lipinski definition) is 0. The summed E-state index contributed by atoms with van der Waals surface area (Å²) in [6.07, 6.45) is -4.47. The molecule has 3 aromatic carbocycles. The zero-order chi connectivity index (χ0) is 24.9. The van der Waals surface area contributed by atoms with Crippen molar-refractivity contribution in [2.24, 2.45) is 4.74 Å². The number of alkyl halides is 3. The zero-order valence-electron chi connectivity index (χ0n) is 20.5. The maximum absolute atomic E-state index is 13.9. The summed E-state index contributed by atoms with van der Waals surface area (Å²) in [4.78, 5) is 0. The minimum Gasteiger partial charge on any atom is -0.341 e. The van der Waals surface area contributed by atoms with E-state index >= 15 is 0 Å². The normalized spacial score (nSPS) is 14.6. The second-order valence-electron chi connectivity index (χ2n) is 9.70. The highest BCUT2D eigenvalue weighted by Crippen LogP contribution is 2.63. The van der Waals surface area contributed by atoms with E-state index in [2.05, 4.69) is 62.6 Å². The molecule has 0 aliphatic carbocycles. The first-order valence-corrected chi connectivity index (χ1v) is 13.1. The molecular weight excluding hydrogens is 454 g/mol. The van der Waals surface area contributed by atoms with Gasteiger partial charge in [-0.25, -0.2) is 4.74 Å². The molecule has 0 radical (unpaired) electrons. The Hall–Kier alpha value is -2.56. The van der Waals surface area contributed by atoms with Gasteiger partial charge in [-0.2, -0.15) is 13.2 Å². The van der Waals surface area contributed by atoms with Gasteiger partial charge in [0.05, 0.1) is 18.5 Å². The standard InChI is InChI=1S/C27H31F3N3P/c1-7-33-24-15-11-8-12-20(24)21-18-19(16-17-25(21)33)34(32(5)6,26(2,3)4)31-23-14-10-9-13-22(23)27(28,29)30/h8-18H,7H2,1-6H3/t34-/m0/s1. The van der Waals surface area contributed by atoms with Gasteiger partial charge in [0.15, 0.2) is 0 Å². The molecule has 1 heterocycles. The predicted molar refractivity (Wildman–Crippen MR) is 139 cm³/mol. The van der Waals surface area contributed by atoms with Crippen LogP contribution < -0.4 is 5.30 Å². The van der Waals surface area contributed by atoms with Crippen LogP contribution in [0.5, 0.6) is 0 Å². The van der Waals surface area contributed by atoms with Gasteiger partial charge in [-0.1, -0.05) is 51.1 Å². The first-order chi connectivity index (χ1) is 15.9. The molecule has 0 spiro atoms. The van der Waals surface area contributed by atoms with Crippen molar-refractivity contribution < 1.29 is 13.2 Å². The summed E-state index contributed by atoms with van der Waals surface area (Å²) in [6.45, 7) is 9.16. The highest BCUT2D eigenvalue weighted by molar-refractivity contribution is 7.73. The van der Waals surface area contributed by atoms with Crippen LogP contribution in [0.4, 0.5) is 18.9 Å². The van der Waals surface area contributed by atoms with Gasteiger partial charge in [-0.15, -0.1) is 0 Å². The first-order valence-electron chi connectivity index (χ1n) is 11.4. The van der Waals surface area contributed by atoms with Crippen LogP contribution in [-0.4, -0.2) is 28.5 Å². The lowest BCUT2D eigenvalue weighted by atomic mass is 10.1. The molecule has 4 aromatic rings. The fourth-order valence-corrected chi connectivity index (χ4v) is 9.16. The number of para-hydroxylation sites is 1. The molecule has 0 bridgehead atoms. The molecule has 0 N–H and O–H groups in total. The van der Waals surface area contributed by atoms with E-state index in [0.717, 1.165) is 39.7 Å². The molecule has 0 saturated heterocycles. The Bertz CT molecular complexity index is 1410. The molecule has 180 valence electrons. The van der Waals surface area contributed by atoms with Gasteiger partial charge in [0.1, 0.15) is 0 Å². The molecule has 4 rings (SSSR count). The molecule has 7 heteroatoms. The third kappa shape index (κ3) is 3.87. The number of aryl methyl sites for hydroxylation is 1. The van der Waals surface area contributed by atoms with E-state index in [9.17, 15) is 13.2 Å². The Balaban J connectivity index is 2.12. The lowest BCUT2D eigenvalue weighted by Gasteiger charge is -2.42. The third-order valence-corrected chi connectivity index (χ3v) is 10.9. The number of hydrogen-bond acceptors (Lipinski definition) is 1. The van der Waals surface area contributed by atoms with Crippen molar-refractivity contribution in [3.8, 4) is 0 Å². The van der Waals surface area contributed by atoms with E-state index in [1.807, 2.05) is 30.9 Å². The van der Waals surface area contributed by atoms with E-state index in [-0.39, 0.29) is 5.69 Å². The number of halogens is 3. The van der Waals surface area contributed by atoms with Crippen molar-refractivity contribution in [2.45, 2.75) is 45.6 Å². The molecule has 0 aliphatic rings. The minimum absolute atomic E-state index is 0.0111. The van der Waals surface area contributed by atoms with Crippen LogP contribution in [0.15, 0.2) is 71.5 Å². The van der Waals surface area contributed by atoms with Crippen molar-refractivity contribution in [2.75, 3.05) is 14.1 Å². The average molecular weight is 486 g/mol. The lowest BCUT2D eigenvalue weighted by molar-refractivity contribution is -0.137. The molecule has 0 aliphatic heterocycles. The number of fused-ring (bicyclic) bond motifs is 3. The largest absolute Gasteiger partial charge is 0.418 e. The lowest BCUT2D eigenvalue weighted by Crippen LogP contribution is -2.32. The number of benzene rings is 3. The Morgan fingerprint density at radius 3 is 2.09 bits per heavy atom. The van der Waals surface area contributed by atoms with E-state index in [4.69, 9.17) is 4.74 Å². The van der Waals surface area contributed by atoms with Gasteiger partial charge in [-0.05, 0) is 57.4 Å². The van der Waals surface area contributed by atoms with Crippen molar-refractivity contribution >= 4 is 40.0 Å². The monoisotopic (exact) mass is 485 g/mol. The Morgan fingerprint density at radius 2 is 1.47 bits per heavy atom. The van der Waals surface area contributed by atoms with Crippen molar-refractivity contribution in [1.29, 1.82) is 0 Å². The first kappa shape index (κ1) is 24.6. The quantitative estimate of drug-likeness (QED) is 0.267. The number of rotatable bonds is 4. The molecule has 3 nitrogen and oxygen atoms in total. The van der Waals surface area contributed by atoms with Crippen molar-refractivity contribution in [1.82, 2.24) is 9.24 Å². The molecule has 0 unspecified atom stereocenters. The summed E-state index contributed by atoms with van der Waals surface area (Å²) in [7, 11) is 1.20. The SMILES string of the molecule is CCn1c2ccccc2c2cc([P@](=Nc3ccccc3C(F)(F)F)(N(C)C)C(C)(C)C)ccc21. The zero-order valence-corrected chi connectivity index (χ0v) is 21.4. The molecule has 1 aromatic heterocycles. The summed E-state index contributed by atoms with van der Waals surface area (Å²) in [5, 5.41) is 2.80. The van der Waals surface area contributed by atoms with E-state index < -0.39 is 24.1 Å². The Kier molecular flexibility index (Phi) is 6.20. The van der Waals surface area contributed by atoms with Crippen LogP contribution in [0.2, 0.25) is 0 Å². The van der Waals surface area contributed by atoms with Crippen molar-refractivity contribution in [3.63, 3.8) is 0 Å². The minimum atomic E-state index is -4.47. The Morgan fingerprint density at radius 1 is 0.853 bits per heavy atom. The molecule has 34 heavy (non-hydrogen) atoms. The van der Waals surface area contributed by atoms with E-state index in [1.54, 1.807) is 6.07 Å². The van der Waals surface area contributed by atoms with Crippen LogP contribution in [0.25, 0.3) is 21.8 Å². The van der Waals surface area contributed by atoms with Gasteiger partial charge in [0.25, 0.3) is 0 Å². The fraction of sp³-hybridized carbons (Fsp3) is 0.333. The highest BCUT2D eigenvalue weighted by Gasteiger charge is 2.40. The summed E-state index contributed by atoms with van der Waals surface area (Å²) in [5.41, 5.74) is 1.56. The summed E-state index contributed by atoms with van der Waals surface area (Å²) in [6, 6.07) is 20.2. The molecule has 1 atom stereocenters. The van der Waals surface area contributed by atoms with Crippen LogP contribution in [0.3, 0.4) is 0 Å². The summed E-state index contributed by atoms with van der Waals surface area (Å²) < 4.78 is 51.0. The van der Waals surface area contributed by atoms with Crippen LogP contribution >= 0.6 is 7.21 Å². The second kappa shape index (κ2) is 8.58. The van der Waals surface area contributed by atoms with Gasteiger partial charge in [0, 0.05) is 38.8 Å². The van der Waals surface area contributed by atoms with Crippen LogP contribution in [-0.2, 0) is 12.7 Å². The molecule has 0 amide bonds. The van der Waals surface area contributed by atoms with E-state index in [1.165, 1.54) is 12.1 Å². The Labute approximate surface area is 199 Å². The molecular formula is C27H31F3N3P. The maximum Gasteiger partial charge on any atom is 0.418 e. The van der Waals surface area contributed by atoms with Gasteiger partial charge in [0.2, 0.25) is 0 Å². The predicted octanol–water partition coefficient (Wildman–Crippen LogP) is 8.27. The topological polar surface area (TPSA) is 20.5 Å². The third-order valence-electron chi connectivity index (χ3n) is 6.41. The maximum atomic E-state index is 13.9. The van der Waals surface area contributed by atoms with Crippen LogP contribution in [0, 0.1) is 0 Å². The van der Waals surface area contributed by atoms with Gasteiger partial charge in [-0.3, -0.25) is 4.67 Å². The second-order valence-corrected chi connectivity index (χ2v) is 13.8. The molecule has 0 saturated carbocycles. The summed E-state index contributed by atoms with van der Waals surface area (Å²) >= 11 is 0. The number of nitrogens with zero attached hydrogens (tertiary/aromatic N) is 3. The van der Waals surface area contributed by atoms with Crippen molar-refractivity contribution in [3.05, 3.63) is 72.3 Å². The highest BCUT2D eigenvalue weighted by atomic mass is 31.2. The smallest absolute Gasteiger partial charge is 0.341 e. The van der Waals surface area contributed by atoms with Gasteiger partial charge >= 0.3 is 6.18 Å². The van der Waals surface area contributed by atoms with E-state index in [0.29, 0.717) is 0 Å². The summed E-state index contributed by atoms with van der Waals surface area (Å²) in [5.74, 6) is 0. The average Bonchev–Trinajstić information content (AvgIpc) is 3.09.